The Morgan fingerprint density at radius 3 is 2.35 bits per heavy atom. The minimum absolute atomic E-state index is 0.0842. The van der Waals surface area contributed by atoms with Gasteiger partial charge >= 0.3 is 0 Å². The summed E-state index contributed by atoms with van der Waals surface area (Å²) in [5.41, 5.74) is 1.06. The summed E-state index contributed by atoms with van der Waals surface area (Å²) < 4.78 is 10.4. The number of hydrogen-bond donors (Lipinski definition) is 1. The van der Waals surface area contributed by atoms with Gasteiger partial charge in [-0.25, -0.2) is 0 Å². The van der Waals surface area contributed by atoms with Crippen molar-refractivity contribution in [2.24, 2.45) is 5.92 Å². The van der Waals surface area contributed by atoms with Crippen LogP contribution >= 0.6 is 0 Å². The number of aryl methyl sites for hydroxylation is 1. The zero-order valence-electron chi connectivity index (χ0n) is 13.0. The molecular weight excluding hydrogens is 254 g/mol. The molecular formula is C16H25NO3. The molecule has 1 rings (SSSR count). The van der Waals surface area contributed by atoms with E-state index in [1.54, 1.807) is 14.2 Å². The molecule has 0 heterocycles. The van der Waals surface area contributed by atoms with E-state index in [9.17, 15) is 4.79 Å². The number of rotatable bonds is 7. The first-order chi connectivity index (χ1) is 9.47. The molecule has 0 aromatic heterocycles. The van der Waals surface area contributed by atoms with Gasteiger partial charge in [0.25, 0.3) is 0 Å². The van der Waals surface area contributed by atoms with Crippen molar-refractivity contribution in [1.29, 1.82) is 0 Å². The number of nitrogens with one attached hydrogen (secondary N) is 1. The Morgan fingerprint density at radius 1 is 1.15 bits per heavy atom. The maximum atomic E-state index is 11.8. The first-order valence-corrected chi connectivity index (χ1v) is 6.98. The van der Waals surface area contributed by atoms with Crippen molar-refractivity contribution in [2.45, 2.75) is 39.7 Å². The second-order valence-electron chi connectivity index (χ2n) is 5.29. The highest BCUT2D eigenvalue weighted by molar-refractivity contribution is 5.76. The Balaban J connectivity index is 2.55. The number of methoxy groups -OCH3 is 2. The summed E-state index contributed by atoms with van der Waals surface area (Å²) in [5.74, 6) is 1.93. The van der Waals surface area contributed by atoms with E-state index in [-0.39, 0.29) is 11.9 Å². The summed E-state index contributed by atoms with van der Waals surface area (Å²) in [5, 5.41) is 3.01. The molecule has 0 spiro atoms. The van der Waals surface area contributed by atoms with Crippen LogP contribution in [0, 0.1) is 5.92 Å². The molecule has 0 aliphatic rings. The zero-order chi connectivity index (χ0) is 15.1. The SMILES string of the molecule is COc1ccc(CCC(=O)N[C@H](C)C(C)C)cc1OC. The monoisotopic (exact) mass is 279 g/mol. The quantitative estimate of drug-likeness (QED) is 0.835. The van der Waals surface area contributed by atoms with Gasteiger partial charge in [0.2, 0.25) is 5.91 Å². The number of benzene rings is 1. The summed E-state index contributed by atoms with van der Waals surface area (Å²) in [6, 6.07) is 5.94. The summed E-state index contributed by atoms with van der Waals surface area (Å²) >= 11 is 0. The largest absolute Gasteiger partial charge is 0.493 e. The van der Waals surface area contributed by atoms with Gasteiger partial charge in [-0.3, -0.25) is 4.79 Å². The molecule has 1 aromatic carbocycles. The number of amides is 1. The summed E-state index contributed by atoms with van der Waals surface area (Å²) in [7, 11) is 3.22. The molecule has 1 N–H and O–H groups in total. The molecule has 0 saturated carbocycles. The molecule has 0 unspecified atom stereocenters. The van der Waals surface area contributed by atoms with E-state index in [1.165, 1.54) is 0 Å². The number of carbonyl (C=O) groups excluding carboxylic acids is 1. The van der Waals surface area contributed by atoms with Crippen LogP contribution < -0.4 is 14.8 Å². The minimum Gasteiger partial charge on any atom is -0.493 e. The van der Waals surface area contributed by atoms with E-state index in [4.69, 9.17) is 9.47 Å². The molecule has 4 nitrogen and oxygen atoms in total. The van der Waals surface area contributed by atoms with Crippen LogP contribution in [0.4, 0.5) is 0 Å². The Kier molecular flexibility index (Phi) is 6.36. The van der Waals surface area contributed by atoms with Crippen LogP contribution in [-0.2, 0) is 11.2 Å². The smallest absolute Gasteiger partial charge is 0.220 e. The van der Waals surface area contributed by atoms with Gasteiger partial charge in [-0.2, -0.15) is 0 Å². The standard InChI is InChI=1S/C16H25NO3/c1-11(2)12(3)17-16(18)9-7-13-6-8-14(19-4)15(10-13)20-5/h6,8,10-12H,7,9H2,1-5H3,(H,17,18)/t12-/m1/s1. The lowest BCUT2D eigenvalue weighted by Crippen LogP contribution is -2.36. The van der Waals surface area contributed by atoms with E-state index in [0.717, 1.165) is 5.56 Å². The van der Waals surface area contributed by atoms with Crippen LogP contribution in [0.15, 0.2) is 18.2 Å². The Morgan fingerprint density at radius 2 is 1.80 bits per heavy atom. The molecule has 0 saturated heterocycles. The van der Waals surface area contributed by atoms with E-state index < -0.39 is 0 Å². The number of carbonyl (C=O) groups is 1. The predicted molar refractivity (Wildman–Crippen MR) is 80.3 cm³/mol. The van der Waals surface area contributed by atoms with Gasteiger partial charge < -0.3 is 14.8 Å². The van der Waals surface area contributed by atoms with E-state index >= 15 is 0 Å². The number of hydrogen-bond acceptors (Lipinski definition) is 3. The fraction of sp³-hybridized carbons (Fsp3) is 0.562. The Labute approximate surface area is 121 Å². The highest BCUT2D eigenvalue weighted by atomic mass is 16.5. The third kappa shape index (κ3) is 4.76. The molecule has 1 aromatic rings. The average Bonchev–Trinajstić information content (AvgIpc) is 2.44. The Bertz CT molecular complexity index is 443. The predicted octanol–water partition coefficient (Wildman–Crippen LogP) is 2.80. The fourth-order valence-corrected chi connectivity index (χ4v) is 1.79. The van der Waals surface area contributed by atoms with Crippen molar-refractivity contribution in [1.82, 2.24) is 5.32 Å². The van der Waals surface area contributed by atoms with Gasteiger partial charge in [-0.05, 0) is 37.0 Å². The van der Waals surface area contributed by atoms with Crippen LogP contribution in [0.1, 0.15) is 32.8 Å². The third-order valence-electron chi connectivity index (χ3n) is 3.48. The van der Waals surface area contributed by atoms with Gasteiger partial charge in [0, 0.05) is 12.5 Å². The number of ether oxygens (including phenoxy) is 2. The van der Waals surface area contributed by atoms with Crippen LogP contribution in [0.5, 0.6) is 11.5 Å². The van der Waals surface area contributed by atoms with Crippen molar-refractivity contribution >= 4 is 5.91 Å². The van der Waals surface area contributed by atoms with Crippen LogP contribution in [0.2, 0.25) is 0 Å². The van der Waals surface area contributed by atoms with Crippen LogP contribution in [-0.4, -0.2) is 26.2 Å². The molecule has 1 amide bonds. The molecule has 112 valence electrons. The second kappa shape index (κ2) is 7.78. The lowest BCUT2D eigenvalue weighted by Gasteiger charge is -2.17. The van der Waals surface area contributed by atoms with Crippen molar-refractivity contribution in [3.05, 3.63) is 23.8 Å². The van der Waals surface area contributed by atoms with Gasteiger partial charge in [0.1, 0.15) is 0 Å². The molecule has 4 heteroatoms. The topological polar surface area (TPSA) is 47.6 Å². The Hall–Kier alpha value is -1.71. The molecule has 0 radical (unpaired) electrons. The summed E-state index contributed by atoms with van der Waals surface area (Å²) in [4.78, 5) is 11.8. The third-order valence-corrected chi connectivity index (χ3v) is 3.48. The van der Waals surface area contributed by atoms with E-state index in [1.807, 2.05) is 25.1 Å². The van der Waals surface area contributed by atoms with Crippen molar-refractivity contribution in [3.63, 3.8) is 0 Å². The van der Waals surface area contributed by atoms with Crippen LogP contribution in [0.25, 0.3) is 0 Å². The minimum atomic E-state index is 0.0842. The maximum absolute atomic E-state index is 11.8. The fourth-order valence-electron chi connectivity index (χ4n) is 1.79. The van der Waals surface area contributed by atoms with Crippen LogP contribution in [0.3, 0.4) is 0 Å². The van der Waals surface area contributed by atoms with E-state index in [2.05, 4.69) is 19.2 Å². The van der Waals surface area contributed by atoms with Gasteiger partial charge in [0.15, 0.2) is 11.5 Å². The van der Waals surface area contributed by atoms with Gasteiger partial charge in [-0.1, -0.05) is 19.9 Å². The normalized spacial score (nSPS) is 12.1. The van der Waals surface area contributed by atoms with E-state index in [0.29, 0.717) is 30.3 Å². The first-order valence-electron chi connectivity index (χ1n) is 6.98. The summed E-state index contributed by atoms with van der Waals surface area (Å²) in [6.45, 7) is 6.22. The molecule has 0 aliphatic carbocycles. The zero-order valence-corrected chi connectivity index (χ0v) is 13.0. The first kappa shape index (κ1) is 16.3. The lowest BCUT2D eigenvalue weighted by atomic mass is 10.1. The van der Waals surface area contributed by atoms with Crippen molar-refractivity contribution in [2.75, 3.05) is 14.2 Å². The molecule has 0 bridgehead atoms. The highest BCUT2D eigenvalue weighted by Gasteiger charge is 2.11. The van der Waals surface area contributed by atoms with Gasteiger partial charge in [0.05, 0.1) is 14.2 Å². The molecule has 0 aliphatic heterocycles. The molecule has 1 atom stereocenters. The van der Waals surface area contributed by atoms with Gasteiger partial charge in [-0.15, -0.1) is 0 Å². The highest BCUT2D eigenvalue weighted by Crippen LogP contribution is 2.27. The van der Waals surface area contributed by atoms with Crippen molar-refractivity contribution < 1.29 is 14.3 Å². The summed E-state index contributed by atoms with van der Waals surface area (Å²) in [6.07, 6.45) is 1.17. The second-order valence-corrected chi connectivity index (χ2v) is 5.29. The molecule has 0 fully saturated rings. The lowest BCUT2D eigenvalue weighted by molar-refractivity contribution is -0.121. The average molecular weight is 279 g/mol. The van der Waals surface area contributed by atoms with Crippen molar-refractivity contribution in [3.8, 4) is 11.5 Å². The molecule has 20 heavy (non-hydrogen) atoms. The maximum Gasteiger partial charge on any atom is 0.220 e.